The summed E-state index contributed by atoms with van der Waals surface area (Å²) in [7, 11) is 0. The number of fused-ring (bicyclic) bond motifs is 1. The Morgan fingerprint density at radius 1 is 0.875 bits per heavy atom. The van der Waals surface area contributed by atoms with Gasteiger partial charge >= 0.3 is 0 Å². The average Bonchev–Trinajstić information content (AvgIpc) is 3.26. The molecule has 1 aliphatic heterocycles. The number of ketones is 1. The quantitative estimate of drug-likeness (QED) is 0.150. The van der Waals surface area contributed by atoms with Crippen molar-refractivity contribution in [2.45, 2.75) is 19.6 Å². The third-order valence-corrected chi connectivity index (χ3v) is 7.12. The first kappa shape index (κ1) is 25.1. The molecule has 0 aliphatic carbocycles. The Kier molecular flexibility index (Phi) is 6.58. The van der Waals surface area contributed by atoms with Crippen molar-refractivity contribution in [3.05, 3.63) is 143 Å². The fraction of sp³-hybridized carbons (Fsp3) is 0.0882. The van der Waals surface area contributed by atoms with Crippen LogP contribution in [0.1, 0.15) is 28.4 Å². The van der Waals surface area contributed by atoms with E-state index in [4.69, 9.17) is 4.74 Å². The summed E-state index contributed by atoms with van der Waals surface area (Å²) in [5, 5.41) is 13.3. The number of carbonyl (C=O) groups is 2. The van der Waals surface area contributed by atoms with Gasteiger partial charge in [-0.2, -0.15) is 0 Å². The summed E-state index contributed by atoms with van der Waals surface area (Å²) in [6.07, 6.45) is 1.61. The molecule has 1 saturated heterocycles. The molecule has 1 aliphatic rings. The molecule has 0 radical (unpaired) electrons. The molecule has 5 aromatic rings. The second kappa shape index (κ2) is 10.5. The summed E-state index contributed by atoms with van der Waals surface area (Å²) < 4.78 is 5.99. The number of aryl methyl sites for hydroxylation is 1. The van der Waals surface area contributed by atoms with Crippen molar-refractivity contribution in [3.8, 4) is 5.75 Å². The van der Waals surface area contributed by atoms with E-state index in [-0.39, 0.29) is 11.3 Å². The number of benzene rings is 4. The van der Waals surface area contributed by atoms with Crippen LogP contribution in [0.4, 0.5) is 5.69 Å². The lowest BCUT2D eigenvalue weighted by atomic mass is 9.97. The predicted octanol–water partition coefficient (Wildman–Crippen LogP) is 6.75. The number of anilines is 1. The maximum Gasteiger partial charge on any atom is 0.300 e. The van der Waals surface area contributed by atoms with Gasteiger partial charge in [-0.3, -0.25) is 19.5 Å². The summed E-state index contributed by atoms with van der Waals surface area (Å²) in [5.74, 6) is -1.07. The Morgan fingerprint density at radius 2 is 1.62 bits per heavy atom. The van der Waals surface area contributed by atoms with E-state index in [0.717, 1.165) is 21.9 Å². The highest BCUT2D eigenvalue weighted by Crippen LogP contribution is 2.43. The van der Waals surface area contributed by atoms with Gasteiger partial charge in [0.05, 0.1) is 17.0 Å². The lowest BCUT2D eigenvalue weighted by Gasteiger charge is -2.26. The van der Waals surface area contributed by atoms with Gasteiger partial charge in [0.2, 0.25) is 0 Å². The van der Waals surface area contributed by atoms with Crippen molar-refractivity contribution in [2.24, 2.45) is 0 Å². The molecular formula is C34H26N2O4. The van der Waals surface area contributed by atoms with Crippen LogP contribution >= 0.6 is 0 Å². The molecule has 40 heavy (non-hydrogen) atoms. The van der Waals surface area contributed by atoms with Gasteiger partial charge in [-0.05, 0) is 59.8 Å². The number of carbonyl (C=O) groups excluding carboxylic acids is 2. The topological polar surface area (TPSA) is 79.7 Å². The van der Waals surface area contributed by atoms with Gasteiger partial charge < -0.3 is 9.84 Å². The first-order valence-corrected chi connectivity index (χ1v) is 13.0. The minimum Gasteiger partial charge on any atom is -0.507 e. The number of amides is 1. The third kappa shape index (κ3) is 4.50. The number of aliphatic hydroxyl groups excluding tert-OH is 1. The van der Waals surface area contributed by atoms with Gasteiger partial charge in [0.15, 0.2) is 0 Å². The Morgan fingerprint density at radius 3 is 2.40 bits per heavy atom. The van der Waals surface area contributed by atoms with Crippen molar-refractivity contribution in [3.63, 3.8) is 0 Å². The van der Waals surface area contributed by atoms with E-state index >= 15 is 0 Å². The monoisotopic (exact) mass is 526 g/mol. The number of aliphatic hydroxyl groups is 1. The normalized spacial score (nSPS) is 16.4. The molecule has 1 unspecified atom stereocenters. The highest BCUT2D eigenvalue weighted by molar-refractivity contribution is 6.52. The molecule has 1 fully saturated rings. The molecule has 196 valence electrons. The van der Waals surface area contributed by atoms with E-state index < -0.39 is 17.7 Å². The van der Waals surface area contributed by atoms with Crippen LogP contribution in [0.25, 0.3) is 16.5 Å². The second-order valence-corrected chi connectivity index (χ2v) is 9.68. The highest BCUT2D eigenvalue weighted by Gasteiger charge is 2.48. The highest BCUT2D eigenvalue weighted by atomic mass is 16.5. The van der Waals surface area contributed by atoms with Crippen LogP contribution in [-0.4, -0.2) is 21.8 Å². The molecular weight excluding hydrogens is 500 g/mol. The van der Waals surface area contributed by atoms with Gasteiger partial charge in [0.1, 0.15) is 24.2 Å². The Hall–Kier alpha value is -5.23. The molecule has 0 spiro atoms. The van der Waals surface area contributed by atoms with E-state index in [1.807, 2.05) is 79.7 Å². The minimum absolute atomic E-state index is 0.00557. The van der Waals surface area contributed by atoms with Crippen LogP contribution in [0.5, 0.6) is 5.75 Å². The zero-order valence-corrected chi connectivity index (χ0v) is 21.8. The number of Topliss-reactive ketones (excluding diaryl/α,β-unsaturated/α-hetero) is 1. The van der Waals surface area contributed by atoms with Crippen molar-refractivity contribution < 1.29 is 19.4 Å². The Bertz CT molecular complexity index is 1760. The Balaban J connectivity index is 1.44. The van der Waals surface area contributed by atoms with Crippen LogP contribution in [-0.2, 0) is 16.2 Å². The summed E-state index contributed by atoms with van der Waals surface area (Å²) in [4.78, 5) is 33.1. The number of rotatable bonds is 6. The van der Waals surface area contributed by atoms with E-state index in [1.54, 1.807) is 42.6 Å². The van der Waals surface area contributed by atoms with Gasteiger partial charge in [0.25, 0.3) is 11.7 Å². The predicted molar refractivity (Wildman–Crippen MR) is 155 cm³/mol. The molecule has 0 bridgehead atoms. The van der Waals surface area contributed by atoms with E-state index in [1.165, 1.54) is 4.90 Å². The molecule has 6 nitrogen and oxygen atoms in total. The second-order valence-electron chi connectivity index (χ2n) is 9.68. The van der Waals surface area contributed by atoms with Crippen molar-refractivity contribution in [1.82, 2.24) is 4.98 Å². The zero-order chi connectivity index (χ0) is 27.6. The standard InChI is InChI=1S/C34H26N2O4/c1-22-20-25(17-18-29(22)40-21-23-10-3-2-4-11-23)32(37)30-31(27-15-7-8-19-35-27)36(34(39)33(30)38)28-16-9-13-24-12-5-6-14-26(24)28/h2-20,31,37H,21H2,1H3/b32-30+. The number of nitrogens with zero attached hydrogens (tertiary/aromatic N) is 2. The van der Waals surface area contributed by atoms with Crippen molar-refractivity contribution >= 4 is 33.9 Å². The van der Waals surface area contributed by atoms with E-state index in [9.17, 15) is 14.7 Å². The minimum atomic E-state index is -0.902. The van der Waals surface area contributed by atoms with Gasteiger partial charge in [-0.15, -0.1) is 0 Å². The van der Waals surface area contributed by atoms with E-state index in [0.29, 0.717) is 29.3 Å². The van der Waals surface area contributed by atoms with Crippen LogP contribution in [0, 0.1) is 6.92 Å². The van der Waals surface area contributed by atoms with Crippen molar-refractivity contribution in [1.29, 1.82) is 0 Å². The van der Waals surface area contributed by atoms with Crippen LogP contribution in [0.2, 0.25) is 0 Å². The number of aromatic nitrogens is 1. The maximum atomic E-state index is 13.6. The van der Waals surface area contributed by atoms with E-state index in [2.05, 4.69) is 4.98 Å². The number of hydrogen-bond donors (Lipinski definition) is 1. The first-order valence-electron chi connectivity index (χ1n) is 13.0. The summed E-state index contributed by atoms with van der Waals surface area (Å²) in [6.45, 7) is 2.28. The zero-order valence-electron chi connectivity index (χ0n) is 21.8. The summed E-state index contributed by atoms with van der Waals surface area (Å²) in [5.41, 5.74) is 3.30. The molecule has 6 rings (SSSR count). The molecule has 6 heteroatoms. The van der Waals surface area contributed by atoms with Crippen LogP contribution in [0.3, 0.4) is 0 Å². The maximum absolute atomic E-state index is 13.6. The largest absolute Gasteiger partial charge is 0.507 e. The number of hydrogen-bond acceptors (Lipinski definition) is 5. The first-order chi connectivity index (χ1) is 19.5. The SMILES string of the molecule is Cc1cc(/C(O)=C2\C(=O)C(=O)N(c3cccc4ccccc34)C2c2ccccn2)ccc1OCc1ccccc1. The summed E-state index contributed by atoms with van der Waals surface area (Å²) >= 11 is 0. The molecule has 1 atom stereocenters. The lowest BCUT2D eigenvalue weighted by molar-refractivity contribution is -0.132. The molecule has 1 N–H and O–H groups in total. The molecule has 2 heterocycles. The fourth-order valence-corrected chi connectivity index (χ4v) is 5.17. The Labute approximate surface area is 231 Å². The smallest absolute Gasteiger partial charge is 0.300 e. The van der Waals surface area contributed by atoms with Crippen molar-refractivity contribution in [2.75, 3.05) is 4.90 Å². The number of pyridine rings is 1. The van der Waals surface area contributed by atoms with Gasteiger partial charge in [-0.1, -0.05) is 72.8 Å². The number of ether oxygens (including phenoxy) is 1. The molecule has 1 aromatic heterocycles. The van der Waals surface area contributed by atoms with Gasteiger partial charge in [-0.25, -0.2) is 0 Å². The third-order valence-electron chi connectivity index (χ3n) is 7.12. The molecule has 1 amide bonds. The van der Waals surface area contributed by atoms with Crippen LogP contribution < -0.4 is 9.64 Å². The van der Waals surface area contributed by atoms with Gasteiger partial charge in [0, 0.05) is 17.1 Å². The average molecular weight is 527 g/mol. The molecule has 0 saturated carbocycles. The summed E-state index contributed by atoms with van der Waals surface area (Å²) in [6, 6.07) is 32.8. The lowest BCUT2D eigenvalue weighted by Crippen LogP contribution is -2.30. The fourth-order valence-electron chi connectivity index (χ4n) is 5.17. The molecule has 4 aromatic carbocycles. The van der Waals surface area contributed by atoms with Crippen LogP contribution in [0.15, 0.2) is 121 Å².